The molecule has 2 rings (SSSR count). The number of aryl methyl sites for hydroxylation is 2. The third-order valence-corrected chi connectivity index (χ3v) is 3.43. The van der Waals surface area contributed by atoms with Crippen molar-refractivity contribution < 1.29 is 9.53 Å². The number of aldehydes is 1. The number of ether oxygens (including phenoxy) is 1. The Morgan fingerprint density at radius 3 is 2.30 bits per heavy atom. The Morgan fingerprint density at radius 2 is 1.75 bits per heavy atom. The third-order valence-electron chi connectivity index (χ3n) is 3.43. The van der Waals surface area contributed by atoms with Crippen LogP contribution in [0.25, 0.3) is 0 Å². The van der Waals surface area contributed by atoms with Gasteiger partial charge in [-0.2, -0.15) is 0 Å². The maximum absolute atomic E-state index is 10.7. The first-order valence-corrected chi connectivity index (χ1v) is 6.85. The van der Waals surface area contributed by atoms with Gasteiger partial charge in [-0.15, -0.1) is 0 Å². The van der Waals surface area contributed by atoms with E-state index in [0.29, 0.717) is 11.5 Å². The summed E-state index contributed by atoms with van der Waals surface area (Å²) in [6.45, 7) is 8.42. The van der Waals surface area contributed by atoms with Gasteiger partial charge in [-0.3, -0.25) is 4.79 Å². The minimum atomic E-state index is 0.512. The van der Waals surface area contributed by atoms with Gasteiger partial charge in [-0.05, 0) is 66.8 Å². The average molecular weight is 268 g/mol. The fourth-order valence-electron chi connectivity index (χ4n) is 2.35. The highest BCUT2D eigenvalue weighted by Crippen LogP contribution is 2.29. The van der Waals surface area contributed by atoms with E-state index in [-0.39, 0.29) is 0 Å². The van der Waals surface area contributed by atoms with Crippen molar-refractivity contribution in [2.24, 2.45) is 0 Å². The molecule has 0 aliphatic carbocycles. The number of benzene rings is 2. The van der Waals surface area contributed by atoms with Gasteiger partial charge in [0, 0.05) is 5.56 Å². The van der Waals surface area contributed by atoms with Gasteiger partial charge < -0.3 is 4.74 Å². The quantitative estimate of drug-likeness (QED) is 0.727. The Hall–Kier alpha value is -2.09. The van der Waals surface area contributed by atoms with Crippen molar-refractivity contribution in [2.45, 2.75) is 33.6 Å². The number of carbonyl (C=O) groups excluding carboxylic acids is 1. The smallest absolute Gasteiger partial charge is 0.150 e. The zero-order valence-electron chi connectivity index (χ0n) is 12.4. The molecular formula is C18H20O2. The molecule has 0 amide bonds. The molecule has 104 valence electrons. The van der Waals surface area contributed by atoms with Crippen molar-refractivity contribution in [3.05, 3.63) is 58.7 Å². The van der Waals surface area contributed by atoms with Gasteiger partial charge in [0.1, 0.15) is 17.8 Å². The van der Waals surface area contributed by atoms with E-state index < -0.39 is 0 Å². The second-order valence-electron chi connectivity index (χ2n) is 5.42. The number of hydrogen-bond acceptors (Lipinski definition) is 2. The van der Waals surface area contributed by atoms with E-state index in [1.165, 1.54) is 11.1 Å². The monoisotopic (exact) mass is 268 g/mol. The first kappa shape index (κ1) is 14.3. The highest BCUT2D eigenvalue weighted by Gasteiger charge is 2.07. The van der Waals surface area contributed by atoms with Crippen LogP contribution in [0.5, 0.6) is 11.5 Å². The van der Waals surface area contributed by atoms with Gasteiger partial charge in [-0.25, -0.2) is 0 Å². The second-order valence-corrected chi connectivity index (χ2v) is 5.42. The minimum absolute atomic E-state index is 0.512. The zero-order valence-corrected chi connectivity index (χ0v) is 12.4. The lowest BCUT2D eigenvalue weighted by Crippen LogP contribution is -1.94. The summed E-state index contributed by atoms with van der Waals surface area (Å²) >= 11 is 0. The number of hydrogen-bond donors (Lipinski definition) is 0. The summed E-state index contributed by atoms with van der Waals surface area (Å²) in [6, 6.07) is 11.6. The lowest BCUT2D eigenvalue weighted by Gasteiger charge is -2.13. The first-order valence-electron chi connectivity index (χ1n) is 6.85. The average Bonchev–Trinajstić information content (AvgIpc) is 2.40. The molecule has 0 saturated heterocycles. The van der Waals surface area contributed by atoms with E-state index in [9.17, 15) is 4.79 Å². The summed E-state index contributed by atoms with van der Waals surface area (Å²) in [5.74, 6) is 2.12. The number of carbonyl (C=O) groups is 1. The molecule has 0 atom stereocenters. The molecule has 0 aromatic heterocycles. The first-order chi connectivity index (χ1) is 9.51. The van der Waals surface area contributed by atoms with Crippen LogP contribution >= 0.6 is 0 Å². The van der Waals surface area contributed by atoms with Crippen molar-refractivity contribution in [3.63, 3.8) is 0 Å². The van der Waals surface area contributed by atoms with Gasteiger partial charge in [-0.1, -0.05) is 19.9 Å². The largest absolute Gasteiger partial charge is 0.457 e. The van der Waals surface area contributed by atoms with Crippen molar-refractivity contribution in [3.8, 4) is 11.5 Å². The molecule has 0 N–H and O–H groups in total. The fraction of sp³-hybridized carbons (Fsp3) is 0.278. The highest BCUT2D eigenvalue weighted by atomic mass is 16.5. The molecule has 2 heteroatoms. The van der Waals surface area contributed by atoms with E-state index in [2.05, 4.69) is 32.9 Å². The molecule has 0 bridgehead atoms. The minimum Gasteiger partial charge on any atom is -0.457 e. The van der Waals surface area contributed by atoms with E-state index in [0.717, 1.165) is 23.3 Å². The molecule has 2 aromatic carbocycles. The Morgan fingerprint density at radius 1 is 1.00 bits per heavy atom. The maximum atomic E-state index is 10.7. The predicted octanol–water partition coefficient (Wildman–Crippen LogP) is 5.03. The van der Waals surface area contributed by atoms with Crippen LogP contribution in [0.4, 0.5) is 0 Å². The lowest BCUT2D eigenvalue weighted by atomic mass is 9.98. The van der Waals surface area contributed by atoms with Gasteiger partial charge in [0.05, 0.1) is 0 Å². The molecule has 2 aromatic rings. The van der Waals surface area contributed by atoms with E-state index in [1.807, 2.05) is 25.1 Å². The van der Waals surface area contributed by atoms with Gasteiger partial charge in [0.25, 0.3) is 0 Å². The predicted molar refractivity (Wildman–Crippen MR) is 81.9 cm³/mol. The maximum Gasteiger partial charge on any atom is 0.150 e. The number of rotatable bonds is 4. The summed E-state index contributed by atoms with van der Waals surface area (Å²) in [5, 5.41) is 0. The third kappa shape index (κ3) is 3.08. The highest BCUT2D eigenvalue weighted by molar-refractivity contribution is 5.75. The molecule has 2 nitrogen and oxygen atoms in total. The Labute approximate surface area is 120 Å². The van der Waals surface area contributed by atoms with E-state index in [1.54, 1.807) is 6.07 Å². The summed E-state index contributed by atoms with van der Waals surface area (Å²) in [6.07, 6.45) is 0.846. The normalized spacial score (nSPS) is 10.7. The molecule has 0 fully saturated rings. The van der Waals surface area contributed by atoms with Crippen molar-refractivity contribution in [1.29, 1.82) is 0 Å². The molecular weight excluding hydrogens is 248 g/mol. The standard InChI is InChI=1S/C18H20O2/c1-12(2)17-7-6-16(10-13(17)3)20-18-8-5-15(11-19)9-14(18)4/h5-12H,1-4H3. The van der Waals surface area contributed by atoms with Crippen LogP contribution < -0.4 is 4.74 Å². The van der Waals surface area contributed by atoms with Crippen LogP contribution in [-0.4, -0.2) is 6.29 Å². The van der Waals surface area contributed by atoms with Crippen molar-refractivity contribution in [1.82, 2.24) is 0 Å². The van der Waals surface area contributed by atoms with E-state index >= 15 is 0 Å². The van der Waals surface area contributed by atoms with Crippen LogP contribution in [0.15, 0.2) is 36.4 Å². The molecule has 0 spiro atoms. The van der Waals surface area contributed by atoms with Crippen LogP contribution in [0, 0.1) is 13.8 Å². The molecule has 0 aliphatic heterocycles. The molecule has 0 heterocycles. The Kier molecular flexibility index (Phi) is 4.23. The van der Waals surface area contributed by atoms with E-state index in [4.69, 9.17) is 4.74 Å². The summed E-state index contributed by atoms with van der Waals surface area (Å²) in [4.78, 5) is 10.7. The Balaban J connectivity index is 2.26. The van der Waals surface area contributed by atoms with Crippen LogP contribution in [-0.2, 0) is 0 Å². The summed E-state index contributed by atoms with van der Waals surface area (Å²) in [7, 11) is 0. The summed E-state index contributed by atoms with van der Waals surface area (Å²) in [5.41, 5.74) is 4.20. The van der Waals surface area contributed by atoms with Gasteiger partial charge in [0.2, 0.25) is 0 Å². The van der Waals surface area contributed by atoms with Crippen LogP contribution in [0.1, 0.15) is 46.8 Å². The molecule has 20 heavy (non-hydrogen) atoms. The van der Waals surface area contributed by atoms with Crippen molar-refractivity contribution >= 4 is 6.29 Å². The molecule has 0 aliphatic rings. The zero-order chi connectivity index (χ0) is 14.7. The lowest BCUT2D eigenvalue weighted by molar-refractivity contribution is 0.112. The second kappa shape index (κ2) is 5.91. The fourth-order valence-corrected chi connectivity index (χ4v) is 2.35. The summed E-state index contributed by atoms with van der Waals surface area (Å²) < 4.78 is 5.91. The van der Waals surface area contributed by atoms with Gasteiger partial charge >= 0.3 is 0 Å². The topological polar surface area (TPSA) is 26.3 Å². The SMILES string of the molecule is Cc1cc(C=O)ccc1Oc1ccc(C(C)C)c(C)c1. The molecule has 0 saturated carbocycles. The van der Waals surface area contributed by atoms with Crippen molar-refractivity contribution in [2.75, 3.05) is 0 Å². The van der Waals surface area contributed by atoms with Crippen LogP contribution in [0.3, 0.4) is 0 Å². The van der Waals surface area contributed by atoms with Gasteiger partial charge in [0.15, 0.2) is 0 Å². The molecule has 0 radical (unpaired) electrons. The Bertz CT molecular complexity index is 627. The molecule has 0 unspecified atom stereocenters. The van der Waals surface area contributed by atoms with Crippen LogP contribution in [0.2, 0.25) is 0 Å².